The highest BCUT2D eigenvalue weighted by Crippen LogP contribution is 2.35. The predicted molar refractivity (Wildman–Crippen MR) is 124 cm³/mol. The molecule has 4 aromatic rings. The van der Waals surface area contributed by atoms with Gasteiger partial charge in [0.05, 0.1) is 23.0 Å². The minimum absolute atomic E-state index is 0.197. The fourth-order valence-corrected chi connectivity index (χ4v) is 4.91. The van der Waals surface area contributed by atoms with Gasteiger partial charge in [0.15, 0.2) is 5.65 Å². The van der Waals surface area contributed by atoms with Crippen molar-refractivity contribution in [2.45, 2.75) is 0 Å². The standard InChI is InChI=1S/C22H21N5O2S2/c28-22(23-7-8-27-9-11-29-12-10-27)16-6-5-15-21(25-16)26-20(18-4-2-14-31-18)19(24-15)17-3-1-13-30-17/h1-6,13-14H,7-12H2,(H,23,28). The van der Waals surface area contributed by atoms with E-state index in [2.05, 4.69) is 15.2 Å². The fourth-order valence-electron chi connectivity index (χ4n) is 3.48. The van der Waals surface area contributed by atoms with Crippen LogP contribution in [-0.2, 0) is 4.74 Å². The Bertz CT molecular complexity index is 1170. The largest absolute Gasteiger partial charge is 0.379 e. The van der Waals surface area contributed by atoms with Gasteiger partial charge in [0, 0.05) is 26.2 Å². The molecule has 1 saturated heterocycles. The quantitative estimate of drug-likeness (QED) is 0.483. The van der Waals surface area contributed by atoms with Crippen molar-refractivity contribution in [1.29, 1.82) is 0 Å². The van der Waals surface area contributed by atoms with E-state index in [0.29, 0.717) is 23.4 Å². The summed E-state index contributed by atoms with van der Waals surface area (Å²) < 4.78 is 5.36. The van der Waals surface area contributed by atoms with Crippen LogP contribution in [0, 0.1) is 0 Å². The van der Waals surface area contributed by atoms with Crippen molar-refractivity contribution in [3.8, 4) is 21.1 Å². The highest BCUT2D eigenvalue weighted by Gasteiger charge is 2.17. The SMILES string of the molecule is O=C(NCCN1CCOCC1)c1ccc2nc(-c3cccs3)c(-c3cccs3)nc2n1. The van der Waals surface area contributed by atoms with Crippen LogP contribution in [0.4, 0.5) is 0 Å². The van der Waals surface area contributed by atoms with Crippen LogP contribution in [0.2, 0.25) is 0 Å². The Balaban J connectivity index is 1.40. The lowest BCUT2D eigenvalue weighted by Gasteiger charge is -2.26. The van der Waals surface area contributed by atoms with E-state index in [0.717, 1.165) is 54.0 Å². The number of nitrogens with one attached hydrogen (secondary N) is 1. The number of ether oxygens (including phenoxy) is 1. The third-order valence-electron chi connectivity index (χ3n) is 5.09. The number of carbonyl (C=O) groups is 1. The highest BCUT2D eigenvalue weighted by molar-refractivity contribution is 7.14. The molecule has 1 aliphatic heterocycles. The number of hydrogen-bond acceptors (Lipinski definition) is 8. The van der Waals surface area contributed by atoms with E-state index in [-0.39, 0.29) is 5.91 Å². The summed E-state index contributed by atoms with van der Waals surface area (Å²) in [5, 5.41) is 7.01. The molecule has 158 valence electrons. The van der Waals surface area contributed by atoms with Crippen LogP contribution in [0.5, 0.6) is 0 Å². The first-order chi connectivity index (χ1) is 15.3. The number of aromatic nitrogens is 3. The van der Waals surface area contributed by atoms with E-state index in [1.165, 1.54) is 0 Å². The number of pyridine rings is 1. The topological polar surface area (TPSA) is 80.2 Å². The molecular formula is C22H21N5O2S2. The zero-order chi connectivity index (χ0) is 21.0. The van der Waals surface area contributed by atoms with Crippen LogP contribution in [0.25, 0.3) is 32.3 Å². The molecule has 0 bridgehead atoms. The number of nitrogens with zero attached hydrogens (tertiary/aromatic N) is 4. The summed E-state index contributed by atoms with van der Waals surface area (Å²) >= 11 is 3.24. The van der Waals surface area contributed by atoms with Gasteiger partial charge in [-0.2, -0.15) is 0 Å². The van der Waals surface area contributed by atoms with E-state index in [4.69, 9.17) is 14.7 Å². The first-order valence-electron chi connectivity index (χ1n) is 10.1. The molecule has 0 aromatic carbocycles. The van der Waals surface area contributed by atoms with Crippen LogP contribution in [0.3, 0.4) is 0 Å². The molecule has 4 aromatic heterocycles. The number of fused-ring (bicyclic) bond motifs is 1. The summed E-state index contributed by atoms with van der Waals surface area (Å²) in [5.74, 6) is -0.197. The summed E-state index contributed by atoms with van der Waals surface area (Å²) in [5.41, 5.74) is 3.14. The van der Waals surface area contributed by atoms with E-state index in [1.807, 2.05) is 41.1 Å². The van der Waals surface area contributed by atoms with Crippen molar-refractivity contribution in [3.05, 3.63) is 52.9 Å². The Morgan fingerprint density at radius 1 is 0.968 bits per heavy atom. The van der Waals surface area contributed by atoms with Crippen LogP contribution in [0.1, 0.15) is 10.5 Å². The number of thiophene rings is 2. The van der Waals surface area contributed by atoms with Gasteiger partial charge in [0.1, 0.15) is 22.6 Å². The molecule has 5 heterocycles. The summed E-state index contributed by atoms with van der Waals surface area (Å²) in [7, 11) is 0. The number of rotatable bonds is 6. The third kappa shape index (κ3) is 4.49. The molecule has 1 aliphatic rings. The lowest BCUT2D eigenvalue weighted by atomic mass is 10.2. The fraction of sp³-hybridized carbons (Fsp3) is 0.273. The van der Waals surface area contributed by atoms with Crippen molar-refractivity contribution >= 4 is 39.7 Å². The maximum absolute atomic E-state index is 12.6. The molecule has 9 heteroatoms. The molecule has 1 N–H and O–H groups in total. The monoisotopic (exact) mass is 451 g/mol. The van der Waals surface area contributed by atoms with Gasteiger partial charge in [0.25, 0.3) is 5.91 Å². The number of carbonyl (C=O) groups excluding carboxylic acids is 1. The first kappa shape index (κ1) is 20.2. The second kappa shape index (κ2) is 9.19. The minimum atomic E-state index is -0.197. The Morgan fingerprint density at radius 2 is 1.68 bits per heavy atom. The average Bonchev–Trinajstić information content (AvgIpc) is 3.53. The van der Waals surface area contributed by atoms with Gasteiger partial charge in [-0.3, -0.25) is 9.69 Å². The molecule has 0 radical (unpaired) electrons. The van der Waals surface area contributed by atoms with E-state index >= 15 is 0 Å². The van der Waals surface area contributed by atoms with Crippen molar-refractivity contribution in [2.24, 2.45) is 0 Å². The molecule has 0 atom stereocenters. The van der Waals surface area contributed by atoms with Gasteiger partial charge in [-0.25, -0.2) is 15.0 Å². The molecule has 0 spiro atoms. The van der Waals surface area contributed by atoms with E-state index in [9.17, 15) is 4.79 Å². The predicted octanol–water partition coefficient (Wildman–Crippen LogP) is 3.54. The van der Waals surface area contributed by atoms with Crippen molar-refractivity contribution in [1.82, 2.24) is 25.2 Å². The lowest BCUT2D eigenvalue weighted by molar-refractivity contribution is 0.0383. The molecule has 1 fully saturated rings. The van der Waals surface area contributed by atoms with E-state index in [1.54, 1.807) is 28.7 Å². The second-order valence-corrected chi connectivity index (χ2v) is 9.02. The third-order valence-corrected chi connectivity index (χ3v) is 6.84. The van der Waals surface area contributed by atoms with Gasteiger partial charge in [-0.1, -0.05) is 12.1 Å². The maximum Gasteiger partial charge on any atom is 0.270 e. The molecule has 1 amide bonds. The molecule has 0 saturated carbocycles. The molecule has 0 aliphatic carbocycles. The van der Waals surface area contributed by atoms with Crippen LogP contribution >= 0.6 is 22.7 Å². The minimum Gasteiger partial charge on any atom is -0.379 e. The number of morpholine rings is 1. The maximum atomic E-state index is 12.6. The normalized spacial score (nSPS) is 14.7. The summed E-state index contributed by atoms with van der Waals surface area (Å²) in [6.45, 7) is 4.67. The van der Waals surface area contributed by atoms with Crippen LogP contribution in [-0.4, -0.2) is 65.2 Å². The van der Waals surface area contributed by atoms with Gasteiger partial charge < -0.3 is 10.1 Å². The highest BCUT2D eigenvalue weighted by atomic mass is 32.1. The van der Waals surface area contributed by atoms with Gasteiger partial charge in [-0.15, -0.1) is 22.7 Å². The Hall–Kier alpha value is -2.72. The van der Waals surface area contributed by atoms with Gasteiger partial charge in [0.2, 0.25) is 0 Å². The zero-order valence-electron chi connectivity index (χ0n) is 16.8. The Labute approximate surface area is 187 Å². The molecule has 7 nitrogen and oxygen atoms in total. The average molecular weight is 452 g/mol. The zero-order valence-corrected chi connectivity index (χ0v) is 18.4. The van der Waals surface area contributed by atoms with Crippen molar-refractivity contribution < 1.29 is 9.53 Å². The van der Waals surface area contributed by atoms with Crippen LogP contribution < -0.4 is 5.32 Å². The smallest absolute Gasteiger partial charge is 0.270 e. The Morgan fingerprint density at radius 3 is 2.35 bits per heavy atom. The van der Waals surface area contributed by atoms with Gasteiger partial charge >= 0.3 is 0 Å². The molecule has 31 heavy (non-hydrogen) atoms. The summed E-state index contributed by atoms with van der Waals surface area (Å²) in [6.07, 6.45) is 0. The van der Waals surface area contributed by atoms with Crippen molar-refractivity contribution in [2.75, 3.05) is 39.4 Å². The van der Waals surface area contributed by atoms with Crippen LogP contribution in [0.15, 0.2) is 47.2 Å². The Kier molecular flexibility index (Phi) is 5.99. The summed E-state index contributed by atoms with van der Waals surface area (Å²) in [4.78, 5) is 31.2. The van der Waals surface area contributed by atoms with E-state index < -0.39 is 0 Å². The molecule has 5 rings (SSSR count). The number of hydrogen-bond donors (Lipinski definition) is 1. The molecule has 0 unspecified atom stereocenters. The van der Waals surface area contributed by atoms with Crippen molar-refractivity contribution in [3.63, 3.8) is 0 Å². The second-order valence-electron chi connectivity index (χ2n) is 7.12. The lowest BCUT2D eigenvalue weighted by Crippen LogP contribution is -2.41. The first-order valence-corrected chi connectivity index (χ1v) is 11.9. The molecular weight excluding hydrogens is 430 g/mol. The van der Waals surface area contributed by atoms with Gasteiger partial charge in [-0.05, 0) is 35.0 Å². The number of amides is 1. The summed E-state index contributed by atoms with van der Waals surface area (Å²) in [6, 6.07) is 11.6.